The Bertz CT molecular complexity index is 627. The van der Waals surface area contributed by atoms with Crippen molar-refractivity contribution in [3.63, 3.8) is 0 Å². The lowest BCUT2D eigenvalue weighted by molar-refractivity contribution is -0.119. The lowest BCUT2D eigenvalue weighted by atomic mass is 10.0. The zero-order valence-electron chi connectivity index (χ0n) is 12.5. The van der Waals surface area contributed by atoms with Crippen LogP contribution in [0.15, 0.2) is 42.5 Å². The van der Waals surface area contributed by atoms with Crippen LogP contribution in [-0.2, 0) is 4.79 Å². The fourth-order valence-electron chi connectivity index (χ4n) is 3.17. The van der Waals surface area contributed by atoms with E-state index in [2.05, 4.69) is 29.6 Å². The van der Waals surface area contributed by atoms with Crippen LogP contribution in [-0.4, -0.2) is 25.5 Å². The molecule has 1 aliphatic heterocycles. The summed E-state index contributed by atoms with van der Waals surface area (Å²) in [7, 11) is 0. The minimum absolute atomic E-state index is 0.238. The lowest BCUT2D eigenvalue weighted by Gasteiger charge is -2.24. The van der Waals surface area contributed by atoms with E-state index in [1.54, 1.807) is 0 Å². The van der Waals surface area contributed by atoms with Crippen molar-refractivity contribution in [1.29, 1.82) is 0 Å². The molecule has 0 aromatic heterocycles. The van der Waals surface area contributed by atoms with Gasteiger partial charge in [0.1, 0.15) is 0 Å². The van der Waals surface area contributed by atoms with Gasteiger partial charge in [0, 0.05) is 18.4 Å². The number of fused-ring (bicyclic) bond motifs is 1. The number of anilines is 1. The number of carbonyl (C=O) groups excluding carboxylic acids is 1. The summed E-state index contributed by atoms with van der Waals surface area (Å²) in [6.45, 7) is 4.77. The van der Waals surface area contributed by atoms with Gasteiger partial charge >= 0.3 is 0 Å². The standard InChI is InChI=1S/C18H22N2O/c1-2-20(18(21)12-14-10-11-19-13-14)17-9-5-7-15-6-3-4-8-16(15)17/h3-9,14,19H,2,10-13H2,1H3. The first-order valence-electron chi connectivity index (χ1n) is 7.78. The smallest absolute Gasteiger partial charge is 0.227 e. The molecular weight excluding hydrogens is 260 g/mol. The first-order valence-corrected chi connectivity index (χ1v) is 7.78. The van der Waals surface area contributed by atoms with E-state index in [9.17, 15) is 4.79 Å². The quantitative estimate of drug-likeness (QED) is 0.934. The zero-order valence-corrected chi connectivity index (χ0v) is 12.5. The molecule has 1 unspecified atom stereocenters. The van der Waals surface area contributed by atoms with Crippen molar-refractivity contribution in [1.82, 2.24) is 5.32 Å². The normalized spacial score (nSPS) is 18.0. The predicted octanol–water partition coefficient (Wildman–Crippen LogP) is 3.19. The number of nitrogens with one attached hydrogen (secondary N) is 1. The predicted molar refractivity (Wildman–Crippen MR) is 87.6 cm³/mol. The van der Waals surface area contributed by atoms with Crippen molar-refractivity contribution >= 4 is 22.4 Å². The molecule has 1 amide bonds. The van der Waals surface area contributed by atoms with E-state index in [1.165, 1.54) is 5.39 Å². The monoisotopic (exact) mass is 282 g/mol. The first kappa shape index (κ1) is 14.1. The Balaban J connectivity index is 1.88. The highest BCUT2D eigenvalue weighted by atomic mass is 16.2. The molecule has 1 saturated heterocycles. The molecule has 1 aliphatic rings. The molecule has 2 aromatic carbocycles. The van der Waals surface area contributed by atoms with Crippen LogP contribution in [0.25, 0.3) is 10.8 Å². The molecule has 110 valence electrons. The van der Waals surface area contributed by atoms with Crippen LogP contribution >= 0.6 is 0 Å². The maximum Gasteiger partial charge on any atom is 0.227 e. The van der Waals surface area contributed by atoms with Crippen LogP contribution in [0.2, 0.25) is 0 Å². The van der Waals surface area contributed by atoms with Crippen molar-refractivity contribution in [2.75, 3.05) is 24.5 Å². The number of carbonyl (C=O) groups is 1. The molecule has 0 saturated carbocycles. The van der Waals surface area contributed by atoms with Crippen molar-refractivity contribution < 1.29 is 4.79 Å². The minimum atomic E-state index is 0.238. The van der Waals surface area contributed by atoms with Gasteiger partial charge in [-0.1, -0.05) is 36.4 Å². The zero-order chi connectivity index (χ0) is 14.7. The highest BCUT2D eigenvalue weighted by Crippen LogP contribution is 2.28. The van der Waals surface area contributed by atoms with Crippen LogP contribution in [0.3, 0.4) is 0 Å². The van der Waals surface area contributed by atoms with E-state index in [-0.39, 0.29) is 5.91 Å². The largest absolute Gasteiger partial charge is 0.316 e. The third-order valence-electron chi connectivity index (χ3n) is 4.30. The molecule has 21 heavy (non-hydrogen) atoms. The maximum absolute atomic E-state index is 12.7. The Labute approximate surface area is 125 Å². The van der Waals surface area contributed by atoms with Crippen LogP contribution < -0.4 is 10.2 Å². The van der Waals surface area contributed by atoms with Gasteiger partial charge in [0.2, 0.25) is 5.91 Å². The minimum Gasteiger partial charge on any atom is -0.316 e. The van der Waals surface area contributed by atoms with Gasteiger partial charge in [0.25, 0.3) is 0 Å². The molecule has 1 fully saturated rings. The molecule has 1 heterocycles. The summed E-state index contributed by atoms with van der Waals surface area (Å²) in [5.74, 6) is 0.726. The van der Waals surface area contributed by atoms with E-state index in [0.717, 1.165) is 30.6 Å². The summed E-state index contributed by atoms with van der Waals surface area (Å²) in [5.41, 5.74) is 1.03. The second-order valence-corrected chi connectivity index (χ2v) is 5.70. The molecule has 1 atom stereocenters. The number of nitrogens with zero attached hydrogens (tertiary/aromatic N) is 1. The average Bonchev–Trinajstić information content (AvgIpc) is 3.01. The first-order chi connectivity index (χ1) is 10.3. The van der Waals surface area contributed by atoms with Gasteiger partial charge in [0.05, 0.1) is 5.69 Å². The maximum atomic E-state index is 12.7. The fraction of sp³-hybridized carbons (Fsp3) is 0.389. The molecule has 3 nitrogen and oxygen atoms in total. The molecule has 2 aromatic rings. The summed E-state index contributed by atoms with van der Waals surface area (Å²) < 4.78 is 0. The van der Waals surface area contributed by atoms with E-state index >= 15 is 0 Å². The Morgan fingerprint density at radius 2 is 2.05 bits per heavy atom. The summed E-state index contributed by atoms with van der Waals surface area (Å²) in [5, 5.41) is 5.67. The van der Waals surface area contributed by atoms with Gasteiger partial charge in [-0.3, -0.25) is 4.79 Å². The van der Waals surface area contributed by atoms with E-state index in [4.69, 9.17) is 0 Å². The number of rotatable bonds is 4. The van der Waals surface area contributed by atoms with Crippen LogP contribution in [0.5, 0.6) is 0 Å². The SMILES string of the molecule is CCN(C(=O)CC1CCNC1)c1cccc2ccccc12. The van der Waals surface area contributed by atoms with Gasteiger partial charge in [-0.05, 0) is 43.8 Å². The molecule has 3 rings (SSSR count). The molecule has 0 radical (unpaired) electrons. The highest BCUT2D eigenvalue weighted by Gasteiger charge is 2.22. The summed E-state index contributed by atoms with van der Waals surface area (Å²) in [4.78, 5) is 14.6. The van der Waals surface area contributed by atoms with Gasteiger partial charge in [0.15, 0.2) is 0 Å². The Morgan fingerprint density at radius 1 is 1.24 bits per heavy atom. The van der Waals surface area contributed by atoms with Crippen molar-refractivity contribution in [2.24, 2.45) is 5.92 Å². The highest BCUT2D eigenvalue weighted by molar-refractivity contribution is 6.03. The number of hydrogen-bond donors (Lipinski definition) is 1. The molecule has 0 aliphatic carbocycles. The second-order valence-electron chi connectivity index (χ2n) is 5.70. The molecular formula is C18H22N2O. The van der Waals surface area contributed by atoms with Crippen LogP contribution in [0.4, 0.5) is 5.69 Å². The average molecular weight is 282 g/mol. The topological polar surface area (TPSA) is 32.3 Å². The Hall–Kier alpha value is -1.87. The summed E-state index contributed by atoms with van der Waals surface area (Å²) in [6, 6.07) is 14.4. The van der Waals surface area contributed by atoms with E-state index < -0.39 is 0 Å². The number of benzene rings is 2. The molecule has 0 spiro atoms. The van der Waals surface area contributed by atoms with Gasteiger partial charge < -0.3 is 10.2 Å². The lowest BCUT2D eigenvalue weighted by Crippen LogP contribution is -2.32. The molecule has 3 heteroatoms. The Morgan fingerprint density at radius 3 is 2.81 bits per heavy atom. The second kappa shape index (κ2) is 6.27. The van der Waals surface area contributed by atoms with E-state index in [0.29, 0.717) is 18.9 Å². The van der Waals surface area contributed by atoms with Crippen molar-refractivity contribution in [2.45, 2.75) is 19.8 Å². The summed E-state index contributed by atoms with van der Waals surface area (Å²) >= 11 is 0. The van der Waals surface area contributed by atoms with Gasteiger partial charge in [-0.25, -0.2) is 0 Å². The fourth-order valence-corrected chi connectivity index (χ4v) is 3.17. The molecule has 0 bridgehead atoms. The van der Waals surface area contributed by atoms with E-state index in [1.807, 2.05) is 30.0 Å². The van der Waals surface area contributed by atoms with Crippen molar-refractivity contribution in [3.05, 3.63) is 42.5 Å². The van der Waals surface area contributed by atoms with Crippen molar-refractivity contribution in [3.8, 4) is 0 Å². The Kier molecular flexibility index (Phi) is 4.20. The van der Waals surface area contributed by atoms with Crippen LogP contribution in [0, 0.1) is 5.92 Å². The summed E-state index contributed by atoms with van der Waals surface area (Å²) in [6.07, 6.45) is 1.75. The third kappa shape index (κ3) is 2.93. The number of hydrogen-bond acceptors (Lipinski definition) is 2. The van der Waals surface area contributed by atoms with Gasteiger partial charge in [-0.15, -0.1) is 0 Å². The van der Waals surface area contributed by atoms with Crippen LogP contribution in [0.1, 0.15) is 19.8 Å². The van der Waals surface area contributed by atoms with Gasteiger partial charge in [-0.2, -0.15) is 0 Å². The number of amides is 1. The third-order valence-corrected chi connectivity index (χ3v) is 4.30. The molecule has 1 N–H and O–H groups in total.